The molecule has 7 nitrogen and oxygen atoms in total. The lowest BCUT2D eigenvalue weighted by atomic mass is 9.89. The fourth-order valence-corrected chi connectivity index (χ4v) is 3.16. The van der Waals surface area contributed by atoms with Gasteiger partial charge in [0.1, 0.15) is 6.61 Å². The van der Waals surface area contributed by atoms with E-state index in [1.54, 1.807) is 4.68 Å². The molecule has 0 unspecified atom stereocenters. The lowest BCUT2D eigenvalue weighted by molar-refractivity contribution is -0.154. The average Bonchev–Trinajstić information content (AvgIpc) is 2.81. The van der Waals surface area contributed by atoms with Gasteiger partial charge in [0, 0.05) is 38.4 Å². The van der Waals surface area contributed by atoms with E-state index in [0.29, 0.717) is 26.1 Å². The highest BCUT2D eigenvalue weighted by Gasteiger charge is 2.39. The van der Waals surface area contributed by atoms with Gasteiger partial charge in [0.2, 0.25) is 11.8 Å². The number of nitrogens with one attached hydrogen (secondary N) is 1. The molecule has 2 aliphatic rings. The molecule has 1 spiro atoms. The third-order valence-electron chi connectivity index (χ3n) is 4.60. The van der Waals surface area contributed by atoms with Gasteiger partial charge in [-0.15, -0.1) is 0 Å². The lowest BCUT2D eigenvalue weighted by Gasteiger charge is -2.43. The molecule has 1 aromatic rings. The highest BCUT2D eigenvalue weighted by atomic mass is 16.5. The molecule has 3 rings (SSSR count). The van der Waals surface area contributed by atoms with Crippen LogP contribution < -0.4 is 5.32 Å². The van der Waals surface area contributed by atoms with E-state index in [4.69, 9.17) is 4.74 Å². The molecule has 0 atom stereocenters. The summed E-state index contributed by atoms with van der Waals surface area (Å²) in [4.78, 5) is 25.5. The smallest absolute Gasteiger partial charge is 0.246 e. The number of aryl methyl sites for hydroxylation is 2. The minimum atomic E-state index is -0.283. The summed E-state index contributed by atoms with van der Waals surface area (Å²) in [6, 6.07) is 0. The normalized spacial score (nSPS) is 21.0. The molecule has 1 aromatic heterocycles. The molecule has 2 aliphatic heterocycles. The minimum absolute atomic E-state index is 0.0591. The summed E-state index contributed by atoms with van der Waals surface area (Å²) in [5.41, 5.74) is 1.60. The van der Waals surface area contributed by atoms with E-state index in [9.17, 15) is 9.59 Å². The van der Waals surface area contributed by atoms with Crippen molar-refractivity contribution in [3.8, 4) is 0 Å². The maximum Gasteiger partial charge on any atom is 0.246 e. The lowest BCUT2D eigenvalue weighted by Crippen LogP contribution is -2.58. The van der Waals surface area contributed by atoms with Crippen LogP contribution in [0.5, 0.6) is 0 Å². The van der Waals surface area contributed by atoms with Crippen molar-refractivity contribution in [3.63, 3.8) is 0 Å². The van der Waals surface area contributed by atoms with Gasteiger partial charge < -0.3 is 15.0 Å². The predicted octanol–water partition coefficient (Wildman–Crippen LogP) is -0.221. The first-order chi connectivity index (χ1) is 10.5. The molecule has 3 heterocycles. The van der Waals surface area contributed by atoms with Gasteiger partial charge in [-0.05, 0) is 19.8 Å². The van der Waals surface area contributed by atoms with Crippen LogP contribution in [0.3, 0.4) is 0 Å². The Morgan fingerprint density at radius 2 is 2.18 bits per heavy atom. The van der Waals surface area contributed by atoms with Crippen LogP contribution >= 0.6 is 0 Å². The molecular formula is C15H22N4O3. The molecule has 22 heavy (non-hydrogen) atoms. The number of likely N-dealkylation sites (tertiary alicyclic amines) is 1. The van der Waals surface area contributed by atoms with Crippen molar-refractivity contribution in [1.29, 1.82) is 0 Å². The second-order valence-corrected chi connectivity index (χ2v) is 6.22. The Hall–Kier alpha value is -1.89. The first-order valence-electron chi connectivity index (χ1n) is 7.65. The van der Waals surface area contributed by atoms with Crippen LogP contribution in [0.25, 0.3) is 0 Å². The molecular weight excluding hydrogens is 284 g/mol. The van der Waals surface area contributed by atoms with Crippen molar-refractivity contribution in [1.82, 2.24) is 20.0 Å². The van der Waals surface area contributed by atoms with Gasteiger partial charge in [0.15, 0.2) is 0 Å². The Morgan fingerprint density at radius 1 is 1.45 bits per heavy atom. The molecule has 2 saturated heterocycles. The van der Waals surface area contributed by atoms with Crippen LogP contribution in [0.15, 0.2) is 6.20 Å². The Morgan fingerprint density at radius 3 is 2.73 bits per heavy atom. The number of amides is 2. The first-order valence-corrected chi connectivity index (χ1v) is 7.65. The number of carbonyl (C=O) groups is 2. The zero-order chi connectivity index (χ0) is 15.7. The van der Waals surface area contributed by atoms with Crippen LogP contribution in [0.4, 0.5) is 0 Å². The largest absolute Gasteiger partial charge is 0.363 e. The maximum atomic E-state index is 12.4. The van der Waals surface area contributed by atoms with Crippen molar-refractivity contribution in [2.75, 3.05) is 26.2 Å². The van der Waals surface area contributed by atoms with Crippen LogP contribution in [-0.2, 0) is 27.8 Å². The Bertz CT molecular complexity index is 576. The fraction of sp³-hybridized carbons (Fsp3) is 0.667. The average molecular weight is 306 g/mol. The molecule has 7 heteroatoms. The topological polar surface area (TPSA) is 76.5 Å². The summed E-state index contributed by atoms with van der Waals surface area (Å²) < 4.78 is 7.46. The van der Waals surface area contributed by atoms with Gasteiger partial charge in [-0.3, -0.25) is 14.3 Å². The molecule has 0 saturated carbocycles. The molecule has 0 bridgehead atoms. The molecule has 0 radical (unpaired) electrons. The van der Waals surface area contributed by atoms with Gasteiger partial charge in [0.05, 0.1) is 17.7 Å². The van der Waals surface area contributed by atoms with E-state index in [1.807, 2.05) is 25.1 Å². The molecule has 0 aromatic carbocycles. The summed E-state index contributed by atoms with van der Waals surface area (Å²) in [6.07, 6.45) is 3.83. The van der Waals surface area contributed by atoms with Crippen molar-refractivity contribution < 1.29 is 14.3 Å². The number of nitrogens with zero attached hydrogens (tertiary/aromatic N) is 3. The van der Waals surface area contributed by atoms with Crippen molar-refractivity contribution >= 4 is 11.8 Å². The molecule has 0 aliphatic carbocycles. The number of rotatable bonds is 2. The second-order valence-electron chi connectivity index (χ2n) is 6.22. The summed E-state index contributed by atoms with van der Waals surface area (Å²) in [5, 5.41) is 7.13. The highest BCUT2D eigenvalue weighted by Crippen LogP contribution is 2.28. The van der Waals surface area contributed by atoms with E-state index in [-0.39, 0.29) is 24.0 Å². The van der Waals surface area contributed by atoms with E-state index >= 15 is 0 Å². The second kappa shape index (κ2) is 5.72. The van der Waals surface area contributed by atoms with Crippen LogP contribution in [0.1, 0.15) is 24.1 Å². The van der Waals surface area contributed by atoms with Crippen molar-refractivity contribution in [2.24, 2.45) is 7.05 Å². The Kier molecular flexibility index (Phi) is 3.90. The Labute approximate surface area is 129 Å². The van der Waals surface area contributed by atoms with Crippen LogP contribution in [0.2, 0.25) is 0 Å². The van der Waals surface area contributed by atoms with E-state index in [0.717, 1.165) is 24.1 Å². The summed E-state index contributed by atoms with van der Waals surface area (Å²) in [6.45, 7) is 3.95. The third-order valence-corrected chi connectivity index (χ3v) is 4.60. The van der Waals surface area contributed by atoms with Crippen LogP contribution in [0, 0.1) is 6.92 Å². The fourth-order valence-electron chi connectivity index (χ4n) is 3.16. The highest BCUT2D eigenvalue weighted by molar-refractivity contribution is 5.79. The van der Waals surface area contributed by atoms with E-state index in [2.05, 4.69) is 10.4 Å². The minimum Gasteiger partial charge on any atom is -0.363 e. The van der Waals surface area contributed by atoms with Crippen molar-refractivity contribution in [2.45, 2.75) is 31.8 Å². The number of hydrogen-bond acceptors (Lipinski definition) is 4. The number of carbonyl (C=O) groups excluding carboxylic acids is 2. The van der Waals surface area contributed by atoms with Crippen molar-refractivity contribution in [3.05, 3.63) is 17.5 Å². The number of aromatic nitrogens is 2. The van der Waals surface area contributed by atoms with E-state index in [1.165, 1.54) is 0 Å². The van der Waals surface area contributed by atoms with Gasteiger partial charge in [-0.2, -0.15) is 5.10 Å². The number of hydrogen-bond donors (Lipinski definition) is 1. The quantitative estimate of drug-likeness (QED) is 0.819. The molecule has 2 fully saturated rings. The number of morpholine rings is 1. The third kappa shape index (κ3) is 2.99. The maximum absolute atomic E-state index is 12.4. The zero-order valence-electron chi connectivity index (χ0n) is 13.1. The monoisotopic (exact) mass is 306 g/mol. The molecule has 1 N–H and O–H groups in total. The Balaban J connectivity index is 1.56. The SMILES string of the molecule is Cc1nn(C)cc1CC(=O)N1CCC2(CC1)CNC(=O)CO2. The molecule has 120 valence electrons. The predicted molar refractivity (Wildman–Crippen MR) is 79.2 cm³/mol. The first kappa shape index (κ1) is 15.0. The van der Waals surface area contributed by atoms with E-state index < -0.39 is 0 Å². The van der Waals surface area contributed by atoms with Gasteiger partial charge in [0.25, 0.3) is 0 Å². The van der Waals surface area contributed by atoms with Gasteiger partial charge >= 0.3 is 0 Å². The molecule has 2 amide bonds. The van der Waals surface area contributed by atoms with Gasteiger partial charge in [-0.1, -0.05) is 0 Å². The summed E-state index contributed by atoms with van der Waals surface area (Å²) >= 11 is 0. The number of ether oxygens (including phenoxy) is 1. The number of piperidine rings is 1. The summed E-state index contributed by atoms with van der Waals surface area (Å²) in [5.74, 6) is 0.0713. The van der Waals surface area contributed by atoms with Gasteiger partial charge in [-0.25, -0.2) is 0 Å². The van der Waals surface area contributed by atoms with Crippen LogP contribution in [-0.4, -0.2) is 58.3 Å². The zero-order valence-corrected chi connectivity index (χ0v) is 13.1. The standard InChI is InChI=1S/C15H22N4O3/c1-11-12(8-18(2)17-11)7-14(21)19-5-3-15(4-6-19)10-16-13(20)9-22-15/h8H,3-7,9-10H2,1-2H3,(H,16,20). The summed E-state index contributed by atoms with van der Waals surface area (Å²) in [7, 11) is 1.86.